The lowest BCUT2D eigenvalue weighted by Crippen LogP contribution is -2.44. The van der Waals surface area contributed by atoms with Gasteiger partial charge in [-0.1, -0.05) is 44.2 Å². The molecule has 2 fully saturated rings. The first-order chi connectivity index (χ1) is 14.1. The minimum Gasteiger partial charge on any atom is -0.379 e. The maximum Gasteiger partial charge on any atom is 0.293 e. The summed E-state index contributed by atoms with van der Waals surface area (Å²) in [6.45, 7) is 4.57. The van der Waals surface area contributed by atoms with Crippen molar-refractivity contribution < 1.29 is 0 Å². The zero-order valence-corrected chi connectivity index (χ0v) is 18.0. The minimum atomic E-state index is -0.153. The van der Waals surface area contributed by atoms with Crippen molar-refractivity contribution in [2.24, 2.45) is 0 Å². The van der Waals surface area contributed by atoms with E-state index in [9.17, 15) is 4.79 Å². The summed E-state index contributed by atoms with van der Waals surface area (Å²) in [5, 5.41) is 0. The van der Waals surface area contributed by atoms with Gasteiger partial charge in [-0.15, -0.1) is 0 Å². The lowest BCUT2D eigenvalue weighted by Gasteiger charge is -2.38. The van der Waals surface area contributed by atoms with Crippen LogP contribution in [-0.4, -0.2) is 32.6 Å². The number of hydrogen-bond donors (Lipinski definition) is 1. The number of anilines is 1. The predicted molar refractivity (Wildman–Crippen MR) is 120 cm³/mol. The van der Waals surface area contributed by atoms with Crippen LogP contribution in [0.5, 0.6) is 0 Å². The molecule has 1 saturated heterocycles. The summed E-state index contributed by atoms with van der Waals surface area (Å²) < 4.78 is 1.89. The molecule has 2 aromatic rings. The van der Waals surface area contributed by atoms with E-state index >= 15 is 0 Å². The standard InChI is InChI=1S/C24H36N4O/c1-17-14-15-20(27(17)19-10-6-4-3-5-7-11-19)16-18(2)28-22-13-9-8-12-21(22)26-23(25)24(28)29/h8-9,12-13,17-20H,3-7,10-11,14-16H2,1-2H3,(H2,25,26)/t17?,18-,20-/m0/s1. The number of aromatic nitrogens is 2. The molecule has 1 aromatic carbocycles. The van der Waals surface area contributed by atoms with E-state index in [0.717, 1.165) is 17.5 Å². The van der Waals surface area contributed by atoms with E-state index in [0.29, 0.717) is 18.1 Å². The normalized spacial score (nSPS) is 25.7. The SMILES string of the molecule is CC1CC[C@@H](C[C@H](C)n2c(=O)c(N)nc3ccccc32)N1C1CCCCCCC1. The second kappa shape index (κ2) is 8.86. The van der Waals surface area contributed by atoms with Crippen LogP contribution in [0.1, 0.15) is 84.1 Å². The molecule has 1 aromatic heterocycles. The highest BCUT2D eigenvalue weighted by atomic mass is 16.1. The maximum absolute atomic E-state index is 12.9. The Morgan fingerprint density at radius 1 is 1.07 bits per heavy atom. The molecule has 1 aliphatic carbocycles. The maximum atomic E-state index is 12.9. The predicted octanol–water partition coefficient (Wildman–Crippen LogP) is 4.90. The van der Waals surface area contributed by atoms with Crippen molar-refractivity contribution in [3.8, 4) is 0 Å². The summed E-state index contributed by atoms with van der Waals surface area (Å²) in [5.41, 5.74) is 7.51. The van der Waals surface area contributed by atoms with Gasteiger partial charge in [0.1, 0.15) is 0 Å². The molecule has 0 spiro atoms. The van der Waals surface area contributed by atoms with E-state index in [1.807, 2.05) is 28.8 Å². The van der Waals surface area contributed by atoms with Crippen LogP contribution in [0.25, 0.3) is 11.0 Å². The van der Waals surface area contributed by atoms with Crippen molar-refractivity contribution in [1.82, 2.24) is 14.5 Å². The molecule has 158 valence electrons. The third-order valence-corrected chi connectivity index (χ3v) is 7.22. The first kappa shape index (κ1) is 20.4. The molecule has 4 rings (SSSR count). The van der Waals surface area contributed by atoms with Gasteiger partial charge in [0.25, 0.3) is 5.56 Å². The van der Waals surface area contributed by atoms with Gasteiger partial charge in [0.05, 0.1) is 11.0 Å². The summed E-state index contributed by atoms with van der Waals surface area (Å²) in [5.74, 6) is 0.104. The molecular formula is C24H36N4O. The molecule has 3 atom stereocenters. The Kier molecular flexibility index (Phi) is 6.23. The van der Waals surface area contributed by atoms with E-state index in [4.69, 9.17) is 5.73 Å². The minimum absolute atomic E-state index is 0.101. The van der Waals surface area contributed by atoms with Crippen molar-refractivity contribution in [3.63, 3.8) is 0 Å². The van der Waals surface area contributed by atoms with Crippen LogP contribution in [0.15, 0.2) is 29.1 Å². The quantitative estimate of drug-likeness (QED) is 0.799. The molecule has 0 radical (unpaired) electrons. The van der Waals surface area contributed by atoms with Crippen molar-refractivity contribution in [3.05, 3.63) is 34.6 Å². The summed E-state index contributed by atoms with van der Waals surface area (Å²) in [4.78, 5) is 20.0. The third kappa shape index (κ3) is 4.20. The van der Waals surface area contributed by atoms with Crippen molar-refractivity contribution in [2.45, 2.75) is 102 Å². The molecule has 5 nitrogen and oxygen atoms in total. The fourth-order valence-corrected chi connectivity index (χ4v) is 5.83. The molecule has 2 heterocycles. The fourth-order valence-electron chi connectivity index (χ4n) is 5.83. The highest BCUT2D eigenvalue weighted by molar-refractivity contribution is 5.76. The van der Waals surface area contributed by atoms with Gasteiger partial charge >= 0.3 is 0 Å². The Morgan fingerprint density at radius 2 is 1.76 bits per heavy atom. The molecule has 1 aliphatic heterocycles. The molecule has 2 aliphatic rings. The smallest absolute Gasteiger partial charge is 0.293 e. The Labute approximate surface area is 174 Å². The summed E-state index contributed by atoms with van der Waals surface area (Å²) >= 11 is 0. The van der Waals surface area contributed by atoms with Gasteiger partial charge in [0.2, 0.25) is 0 Å². The zero-order valence-electron chi connectivity index (χ0n) is 18.0. The second-order valence-electron chi connectivity index (χ2n) is 9.27. The number of para-hydroxylation sites is 2. The van der Waals surface area contributed by atoms with Crippen LogP contribution in [-0.2, 0) is 0 Å². The van der Waals surface area contributed by atoms with Crippen molar-refractivity contribution in [1.29, 1.82) is 0 Å². The van der Waals surface area contributed by atoms with Crippen LogP contribution in [0.4, 0.5) is 5.82 Å². The molecule has 5 heteroatoms. The molecule has 29 heavy (non-hydrogen) atoms. The van der Waals surface area contributed by atoms with E-state index in [-0.39, 0.29) is 17.4 Å². The molecule has 1 saturated carbocycles. The first-order valence-corrected chi connectivity index (χ1v) is 11.6. The number of nitrogens with zero attached hydrogens (tertiary/aromatic N) is 3. The Morgan fingerprint density at radius 3 is 2.52 bits per heavy atom. The molecule has 2 N–H and O–H groups in total. The van der Waals surface area contributed by atoms with Crippen molar-refractivity contribution in [2.75, 3.05) is 5.73 Å². The average molecular weight is 397 g/mol. The largest absolute Gasteiger partial charge is 0.379 e. The van der Waals surface area contributed by atoms with Crippen LogP contribution in [0.3, 0.4) is 0 Å². The number of rotatable bonds is 4. The highest BCUT2D eigenvalue weighted by Crippen LogP contribution is 2.35. The van der Waals surface area contributed by atoms with Gasteiger partial charge in [0, 0.05) is 24.2 Å². The van der Waals surface area contributed by atoms with Crippen LogP contribution < -0.4 is 11.3 Å². The Hall–Kier alpha value is -1.88. The number of hydrogen-bond acceptors (Lipinski definition) is 4. The second-order valence-corrected chi connectivity index (χ2v) is 9.27. The summed E-state index contributed by atoms with van der Waals surface area (Å²) in [7, 11) is 0. The Bertz CT molecular complexity index is 884. The summed E-state index contributed by atoms with van der Waals surface area (Å²) in [6, 6.07) is 9.85. The van der Waals surface area contributed by atoms with Gasteiger partial charge in [-0.3, -0.25) is 9.69 Å². The van der Waals surface area contributed by atoms with Crippen LogP contribution in [0, 0.1) is 0 Å². The fraction of sp³-hybridized carbons (Fsp3) is 0.667. The number of likely N-dealkylation sites (tertiary alicyclic amines) is 1. The number of nitrogens with two attached hydrogens (primary N) is 1. The lowest BCUT2D eigenvalue weighted by atomic mass is 9.94. The monoisotopic (exact) mass is 396 g/mol. The van der Waals surface area contributed by atoms with Gasteiger partial charge in [-0.25, -0.2) is 4.98 Å². The van der Waals surface area contributed by atoms with E-state index in [1.54, 1.807) is 0 Å². The first-order valence-electron chi connectivity index (χ1n) is 11.6. The van der Waals surface area contributed by atoms with E-state index in [2.05, 4.69) is 23.7 Å². The van der Waals surface area contributed by atoms with Crippen LogP contribution in [0.2, 0.25) is 0 Å². The zero-order chi connectivity index (χ0) is 20.4. The molecule has 0 bridgehead atoms. The van der Waals surface area contributed by atoms with E-state index in [1.165, 1.54) is 57.8 Å². The van der Waals surface area contributed by atoms with Gasteiger partial charge < -0.3 is 10.3 Å². The Balaban J connectivity index is 1.59. The number of fused-ring (bicyclic) bond motifs is 1. The third-order valence-electron chi connectivity index (χ3n) is 7.22. The molecule has 0 amide bonds. The summed E-state index contributed by atoms with van der Waals surface area (Å²) in [6.07, 6.45) is 13.1. The average Bonchev–Trinajstić information content (AvgIpc) is 3.03. The highest BCUT2D eigenvalue weighted by Gasteiger charge is 2.36. The van der Waals surface area contributed by atoms with Gasteiger partial charge in [0.15, 0.2) is 5.82 Å². The van der Waals surface area contributed by atoms with Gasteiger partial charge in [-0.05, 0) is 58.1 Å². The lowest BCUT2D eigenvalue weighted by molar-refractivity contribution is 0.101. The number of nitrogen functional groups attached to an aromatic ring is 1. The van der Waals surface area contributed by atoms with Crippen LogP contribution >= 0.6 is 0 Å². The topological polar surface area (TPSA) is 64.1 Å². The van der Waals surface area contributed by atoms with Crippen molar-refractivity contribution >= 4 is 16.9 Å². The molecular weight excluding hydrogens is 360 g/mol. The number of benzene rings is 1. The van der Waals surface area contributed by atoms with Gasteiger partial charge in [-0.2, -0.15) is 0 Å². The van der Waals surface area contributed by atoms with E-state index < -0.39 is 0 Å². The molecule has 1 unspecified atom stereocenters.